The highest BCUT2D eigenvalue weighted by atomic mass is 19.1. The van der Waals surface area contributed by atoms with E-state index in [-0.39, 0.29) is 36.3 Å². The van der Waals surface area contributed by atoms with E-state index < -0.39 is 5.97 Å². The third-order valence-electron chi connectivity index (χ3n) is 3.61. The molecule has 0 saturated carbocycles. The third kappa shape index (κ3) is 4.97. The molecule has 0 unspecified atom stereocenters. The minimum Gasteiger partial charge on any atom is -0.497 e. The predicted molar refractivity (Wildman–Crippen MR) is 93.7 cm³/mol. The highest BCUT2D eigenvalue weighted by Crippen LogP contribution is 2.23. The van der Waals surface area contributed by atoms with E-state index in [1.807, 2.05) is 0 Å². The van der Waals surface area contributed by atoms with Crippen molar-refractivity contribution in [2.75, 3.05) is 14.2 Å². The van der Waals surface area contributed by atoms with Gasteiger partial charge in [-0.3, -0.25) is 0 Å². The minimum atomic E-state index is -0.598. The summed E-state index contributed by atoms with van der Waals surface area (Å²) in [7, 11) is 2.97. The molecule has 0 saturated heterocycles. The van der Waals surface area contributed by atoms with E-state index in [4.69, 9.17) is 23.5 Å². The quantitative estimate of drug-likeness (QED) is 0.543. The molecule has 0 aliphatic carbocycles. The summed E-state index contributed by atoms with van der Waals surface area (Å²) in [5.74, 6) is 0.809. The monoisotopic (exact) mass is 388 g/mol. The van der Waals surface area contributed by atoms with Crippen molar-refractivity contribution in [2.45, 2.75) is 13.2 Å². The molecule has 1 heterocycles. The summed E-state index contributed by atoms with van der Waals surface area (Å²) in [6.45, 7) is -0.182. The molecule has 3 aromatic rings. The first kappa shape index (κ1) is 19.2. The largest absolute Gasteiger partial charge is 0.497 e. The summed E-state index contributed by atoms with van der Waals surface area (Å²) in [4.78, 5) is 16.3. The summed E-state index contributed by atoms with van der Waals surface area (Å²) in [6.07, 6.45) is 0. The second-order valence-electron chi connectivity index (χ2n) is 5.52. The number of benzene rings is 2. The Morgan fingerprint density at radius 2 is 1.68 bits per heavy atom. The molecule has 0 amide bonds. The molecule has 146 valence electrons. The Bertz CT molecular complexity index is 920. The average molecular weight is 388 g/mol. The maximum atomic E-state index is 12.9. The zero-order valence-electron chi connectivity index (χ0n) is 15.2. The van der Waals surface area contributed by atoms with Crippen molar-refractivity contribution in [2.24, 2.45) is 0 Å². The fourth-order valence-corrected chi connectivity index (χ4v) is 2.22. The van der Waals surface area contributed by atoms with Crippen LogP contribution in [0.5, 0.6) is 17.2 Å². The van der Waals surface area contributed by atoms with E-state index in [1.54, 1.807) is 6.07 Å². The SMILES string of the molecule is COc1cc(OC)cc(C(=O)OCc2nc(COc3ccc(F)cc3)no2)c1. The molecular weight excluding hydrogens is 371 g/mol. The van der Waals surface area contributed by atoms with E-state index in [9.17, 15) is 9.18 Å². The first-order valence-electron chi connectivity index (χ1n) is 8.17. The van der Waals surface area contributed by atoms with Gasteiger partial charge in [0.1, 0.15) is 23.1 Å². The molecule has 28 heavy (non-hydrogen) atoms. The number of methoxy groups -OCH3 is 2. The number of ether oxygens (including phenoxy) is 4. The van der Waals surface area contributed by atoms with Gasteiger partial charge in [-0.2, -0.15) is 4.98 Å². The fraction of sp³-hybridized carbons (Fsp3) is 0.211. The van der Waals surface area contributed by atoms with Gasteiger partial charge < -0.3 is 23.5 Å². The summed E-state index contributed by atoms with van der Waals surface area (Å²) in [5.41, 5.74) is 0.260. The summed E-state index contributed by atoms with van der Waals surface area (Å²) >= 11 is 0. The highest BCUT2D eigenvalue weighted by Gasteiger charge is 2.14. The van der Waals surface area contributed by atoms with E-state index in [0.717, 1.165) is 0 Å². The highest BCUT2D eigenvalue weighted by molar-refractivity contribution is 5.90. The Morgan fingerprint density at radius 1 is 1.00 bits per heavy atom. The predicted octanol–water partition coefficient (Wildman–Crippen LogP) is 3.16. The maximum absolute atomic E-state index is 12.9. The number of hydrogen-bond donors (Lipinski definition) is 0. The van der Waals surface area contributed by atoms with Gasteiger partial charge in [-0.05, 0) is 36.4 Å². The lowest BCUT2D eigenvalue weighted by Gasteiger charge is -2.07. The number of carbonyl (C=O) groups is 1. The van der Waals surface area contributed by atoms with Crippen LogP contribution in [0.15, 0.2) is 47.0 Å². The molecule has 0 atom stereocenters. The van der Waals surface area contributed by atoms with Crippen LogP contribution in [0.25, 0.3) is 0 Å². The molecule has 0 spiro atoms. The van der Waals surface area contributed by atoms with Gasteiger partial charge >= 0.3 is 5.97 Å². The van der Waals surface area contributed by atoms with E-state index in [1.165, 1.54) is 50.6 Å². The fourth-order valence-electron chi connectivity index (χ4n) is 2.22. The van der Waals surface area contributed by atoms with Gasteiger partial charge in [0.2, 0.25) is 5.82 Å². The second kappa shape index (κ2) is 8.85. The molecule has 2 aromatic carbocycles. The van der Waals surface area contributed by atoms with Crippen LogP contribution >= 0.6 is 0 Å². The summed E-state index contributed by atoms with van der Waals surface area (Å²) in [6, 6.07) is 10.2. The zero-order chi connectivity index (χ0) is 19.9. The van der Waals surface area contributed by atoms with E-state index in [0.29, 0.717) is 17.2 Å². The number of esters is 1. The molecule has 1 aromatic heterocycles. The first-order valence-corrected chi connectivity index (χ1v) is 8.17. The van der Waals surface area contributed by atoms with Crippen LogP contribution < -0.4 is 14.2 Å². The van der Waals surface area contributed by atoms with Crippen LogP contribution in [-0.4, -0.2) is 30.3 Å². The van der Waals surface area contributed by atoms with Gasteiger partial charge in [-0.25, -0.2) is 9.18 Å². The first-order chi connectivity index (χ1) is 13.6. The van der Waals surface area contributed by atoms with Crippen molar-refractivity contribution >= 4 is 5.97 Å². The van der Waals surface area contributed by atoms with Crippen molar-refractivity contribution in [3.8, 4) is 17.2 Å². The average Bonchev–Trinajstić information content (AvgIpc) is 3.19. The maximum Gasteiger partial charge on any atom is 0.338 e. The standard InChI is InChI=1S/C19H17FN2O6/c1-24-15-7-12(8-16(9-15)25-2)19(23)27-11-18-21-17(22-28-18)10-26-14-5-3-13(20)4-6-14/h3-9H,10-11H2,1-2H3. The number of rotatable bonds is 8. The van der Waals surface area contributed by atoms with E-state index >= 15 is 0 Å². The zero-order valence-corrected chi connectivity index (χ0v) is 15.2. The van der Waals surface area contributed by atoms with Crippen LogP contribution in [0.2, 0.25) is 0 Å². The Morgan fingerprint density at radius 3 is 2.32 bits per heavy atom. The third-order valence-corrected chi connectivity index (χ3v) is 3.61. The molecule has 9 heteroatoms. The molecule has 0 N–H and O–H groups in total. The molecule has 0 aliphatic rings. The van der Waals surface area contributed by atoms with Gasteiger partial charge in [0.25, 0.3) is 5.89 Å². The molecule has 0 radical (unpaired) electrons. The van der Waals surface area contributed by atoms with Crippen LogP contribution in [0.1, 0.15) is 22.1 Å². The lowest BCUT2D eigenvalue weighted by Crippen LogP contribution is -2.06. The van der Waals surface area contributed by atoms with Crippen LogP contribution in [0.3, 0.4) is 0 Å². The van der Waals surface area contributed by atoms with E-state index in [2.05, 4.69) is 10.1 Å². The molecule has 8 nitrogen and oxygen atoms in total. The Labute approximate surface area is 159 Å². The Kier molecular flexibility index (Phi) is 6.05. The molecule has 0 aliphatic heterocycles. The van der Waals surface area contributed by atoms with Crippen LogP contribution in [0, 0.1) is 5.82 Å². The van der Waals surface area contributed by atoms with Crippen molar-refractivity contribution in [3.05, 3.63) is 65.6 Å². The van der Waals surface area contributed by atoms with Crippen molar-refractivity contribution in [1.29, 1.82) is 0 Å². The van der Waals surface area contributed by atoms with Gasteiger partial charge in [0.15, 0.2) is 13.2 Å². The number of halogens is 1. The van der Waals surface area contributed by atoms with Crippen molar-refractivity contribution < 1.29 is 32.7 Å². The minimum absolute atomic E-state index is 0.0240. The Balaban J connectivity index is 1.55. The molecule has 0 fully saturated rings. The summed E-state index contributed by atoms with van der Waals surface area (Å²) < 4.78 is 38.7. The molecule has 3 rings (SSSR count). The summed E-state index contributed by atoms with van der Waals surface area (Å²) in [5, 5.41) is 3.74. The van der Waals surface area contributed by atoms with Gasteiger partial charge in [-0.1, -0.05) is 5.16 Å². The second-order valence-corrected chi connectivity index (χ2v) is 5.52. The number of carbonyl (C=O) groups excluding carboxylic acids is 1. The normalized spacial score (nSPS) is 10.4. The number of aromatic nitrogens is 2. The smallest absolute Gasteiger partial charge is 0.338 e. The van der Waals surface area contributed by atoms with Crippen LogP contribution in [-0.2, 0) is 18.0 Å². The topological polar surface area (TPSA) is 92.9 Å². The lowest BCUT2D eigenvalue weighted by molar-refractivity contribution is 0.0429. The van der Waals surface area contributed by atoms with Crippen LogP contribution in [0.4, 0.5) is 4.39 Å². The molecular formula is C19H17FN2O6. The Hall–Kier alpha value is -3.62. The number of hydrogen-bond acceptors (Lipinski definition) is 8. The lowest BCUT2D eigenvalue weighted by atomic mass is 10.2. The van der Waals surface area contributed by atoms with Gasteiger partial charge in [-0.15, -0.1) is 0 Å². The van der Waals surface area contributed by atoms with Gasteiger partial charge in [0, 0.05) is 6.07 Å². The number of nitrogens with zero attached hydrogens (tertiary/aromatic N) is 2. The van der Waals surface area contributed by atoms with Crippen molar-refractivity contribution in [3.63, 3.8) is 0 Å². The molecule has 0 bridgehead atoms. The van der Waals surface area contributed by atoms with Gasteiger partial charge in [0.05, 0.1) is 19.8 Å². The van der Waals surface area contributed by atoms with Crippen molar-refractivity contribution in [1.82, 2.24) is 10.1 Å².